The van der Waals surface area contributed by atoms with Crippen molar-refractivity contribution in [2.24, 2.45) is 5.92 Å². The molecule has 0 bridgehead atoms. The van der Waals surface area contributed by atoms with Gasteiger partial charge in [-0.25, -0.2) is 8.78 Å². The molecule has 0 radical (unpaired) electrons. The van der Waals surface area contributed by atoms with Gasteiger partial charge in [-0.3, -0.25) is 0 Å². The van der Waals surface area contributed by atoms with Crippen molar-refractivity contribution in [2.45, 2.75) is 32.8 Å². The van der Waals surface area contributed by atoms with Gasteiger partial charge in [-0.2, -0.15) is 0 Å². The van der Waals surface area contributed by atoms with Gasteiger partial charge in [0.15, 0.2) is 11.6 Å². The first-order valence-electron chi connectivity index (χ1n) is 6.28. The van der Waals surface area contributed by atoms with E-state index in [0.29, 0.717) is 31.1 Å². The van der Waals surface area contributed by atoms with E-state index in [-0.39, 0.29) is 11.9 Å². The lowest BCUT2D eigenvalue weighted by atomic mass is 10.0. The second kappa shape index (κ2) is 5.65. The van der Waals surface area contributed by atoms with Crippen molar-refractivity contribution in [1.29, 1.82) is 0 Å². The van der Waals surface area contributed by atoms with Gasteiger partial charge in [0.1, 0.15) is 11.9 Å². The molecule has 2 nitrogen and oxygen atoms in total. The highest BCUT2D eigenvalue weighted by molar-refractivity contribution is 5.36. The second-order valence-electron chi connectivity index (χ2n) is 5.08. The van der Waals surface area contributed by atoms with Gasteiger partial charge in [0, 0.05) is 18.1 Å². The van der Waals surface area contributed by atoms with E-state index >= 15 is 0 Å². The van der Waals surface area contributed by atoms with Gasteiger partial charge in [0.2, 0.25) is 0 Å². The van der Waals surface area contributed by atoms with Crippen LogP contribution >= 0.6 is 0 Å². The normalized spacial score (nSPS) is 19.5. The lowest BCUT2D eigenvalue weighted by molar-refractivity contribution is 0.137. The van der Waals surface area contributed by atoms with Crippen molar-refractivity contribution in [3.63, 3.8) is 0 Å². The third-order valence-electron chi connectivity index (χ3n) is 2.89. The number of halogens is 2. The summed E-state index contributed by atoms with van der Waals surface area (Å²) in [6.07, 6.45) is 1.21. The number of hydrogen-bond donors (Lipinski definition) is 0. The molecule has 2 rings (SSSR count). The highest BCUT2D eigenvalue weighted by atomic mass is 19.1. The quantitative estimate of drug-likeness (QED) is 0.822. The number of hydrogen-bond acceptors (Lipinski definition) is 2. The lowest BCUT2D eigenvalue weighted by Gasteiger charge is -2.17. The van der Waals surface area contributed by atoms with Crippen molar-refractivity contribution in [3.8, 4) is 5.75 Å². The Bertz CT molecular complexity index is 413. The first kappa shape index (κ1) is 13.3. The minimum Gasteiger partial charge on any atom is -0.485 e. The summed E-state index contributed by atoms with van der Waals surface area (Å²) in [5.41, 5.74) is 0.592. The molecule has 100 valence electrons. The summed E-state index contributed by atoms with van der Waals surface area (Å²) in [5, 5.41) is 0. The maximum Gasteiger partial charge on any atom is 0.168 e. The molecule has 0 aromatic heterocycles. The molecule has 1 saturated heterocycles. The maximum atomic E-state index is 13.8. The summed E-state index contributed by atoms with van der Waals surface area (Å²) in [7, 11) is 0. The van der Waals surface area contributed by atoms with Crippen LogP contribution in [0.3, 0.4) is 0 Å². The molecule has 0 N–H and O–H groups in total. The Morgan fingerprint density at radius 2 is 2.17 bits per heavy atom. The van der Waals surface area contributed by atoms with Crippen molar-refractivity contribution in [3.05, 3.63) is 29.3 Å². The molecule has 18 heavy (non-hydrogen) atoms. The van der Waals surface area contributed by atoms with E-state index in [1.165, 1.54) is 6.07 Å². The third kappa shape index (κ3) is 3.19. The van der Waals surface area contributed by atoms with Crippen LogP contribution < -0.4 is 4.74 Å². The zero-order valence-electron chi connectivity index (χ0n) is 10.7. The minimum absolute atomic E-state index is 0.129. The Hall–Kier alpha value is -1.16. The summed E-state index contributed by atoms with van der Waals surface area (Å²) in [6, 6.07) is 2.23. The monoisotopic (exact) mass is 256 g/mol. The second-order valence-corrected chi connectivity index (χ2v) is 5.08. The Labute approximate surface area is 106 Å². The third-order valence-corrected chi connectivity index (χ3v) is 2.89. The fraction of sp³-hybridized carbons (Fsp3) is 0.571. The maximum absolute atomic E-state index is 13.8. The summed E-state index contributed by atoms with van der Waals surface area (Å²) in [6.45, 7) is 5.11. The molecule has 4 heteroatoms. The van der Waals surface area contributed by atoms with Gasteiger partial charge in [-0.1, -0.05) is 13.8 Å². The van der Waals surface area contributed by atoms with Crippen LogP contribution in [0.1, 0.15) is 25.8 Å². The Kier molecular flexibility index (Phi) is 4.17. The Morgan fingerprint density at radius 1 is 1.39 bits per heavy atom. The predicted octanol–water partition coefficient (Wildman–Crippen LogP) is 3.33. The van der Waals surface area contributed by atoms with E-state index in [4.69, 9.17) is 9.47 Å². The molecule has 1 heterocycles. The molecule has 0 saturated carbocycles. The van der Waals surface area contributed by atoms with Crippen LogP contribution in [0, 0.1) is 17.6 Å². The van der Waals surface area contributed by atoms with Crippen molar-refractivity contribution in [2.75, 3.05) is 13.2 Å². The van der Waals surface area contributed by atoms with Crippen molar-refractivity contribution in [1.82, 2.24) is 0 Å². The van der Waals surface area contributed by atoms with Crippen LogP contribution in [0.2, 0.25) is 0 Å². The van der Waals surface area contributed by atoms with E-state index < -0.39 is 11.6 Å². The zero-order chi connectivity index (χ0) is 13.1. The van der Waals surface area contributed by atoms with Crippen LogP contribution in [0.4, 0.5) is 8.78 Å². The van der Waals surface area contributed by atoms with Crippen LogP contribution in [-0.4, -0.2) is 19.3 Å². The van der Waals surface area contributed by atoms with Gasteiger partial charge in [-0.15, -0.1) is 0 Å². The first-order valence-corrected chi connectivity index (χ1v) is 6.28. The molecular weight excluding hydrogens is 238 g/mol. The average Bonchev–Trinajstić information content (AvgIpc) is 2.74. The predicted molar refractivity (Wildman–Crippen MR) is 64.8 cm³/mol. The fourth-order valence-electron chi connectivity index (χ4n) is 2.11. The number of ether oxygens (including phenoxy) is 2. The Balaban J connectivity index is 2.24. The molecule has 1 fully saturated rings. The van der Waals surface area contributed by atoms with Crippen molar-refractivity contribution < 1.29 is 18.3 Å². The standard InChI is InChI=1S/C14H18F2O2/c1-9(2)5-10-6-11(15)7-13(16)14(10)18-12-3-4-17-8-12/h6-7,9,12H,3-5,8H2,1-2H3/t12-/m1/s1. The largest absolute Gasteiger partial charge is 0.485 e. The first-order chi connectivity index (χ1) is 8.56. The van der Waals surface area contributed by atoms with E-state index in [1.807, 2.05) is 13.8 Å². The highest BCUT2D eigenvalue weighted by Gasteiger charge is 2.22. The summed E-state index contributed by atoms with van der Waals surface area (Å²) >= 11 is 0. The molecule has 1 atom stereocenters. The van der Waals surface area contributed by atoms with Crippen LogP contribution in [0.25, 0.3) is 0 Å². The van der Waals surface area contributed by atoms with Crippen molar-refractivity contribution >= 4 is 0 Å². The van der Waals surface area contributed by atoms with Crippen LogP contribution in [0.15, 0.2) is 12.1 Å². The van der Waals surface area contributed by atoms with Gasteiger partial charge < -0.3 is 9.47 Å². The van der Waals surface area contributed by atoms with E-state index in [1.54, 1.807) is 0 Å². The lowest BCUT2D eigenvalue weighted by Crippen LogP contribution is -2.18. The highest BCUT2D eigenvalue weighted by Crippen LogP contribution is 2.29. The van der Waals surface area contributed by atoms with Gasteiger partial charge in [-0.05, 0) is 18.4 Å². The smallest absolute Gasteiger partial charge is 0.168 e. The van der Waals surface area contributed by atoms with E-state index in [2.05, 4.69) is 0 Å². The van der Waals surface area contributed by atoms with Crippen LogP contribution in [-0.2, 0) is 11.2 Å². The SMILES string of the molecule is CC(C)Cc1cc(F)cc(F)c1O[C@@H]1CCOC1. The van der Waals surface area contributed by atoms with E-state index in [9.17, 15) is 8.78 Å². The Morgan fingerprint density at radius 3 is 2.78 bits per heavy atom. The average molecular weight is 256 g/mol. The van der Waals surface area contributed by atoms with Gasteiger partial charge in [0.25, 0.3) is 0 Å². The topological polar surface area (TPSA) is 18.5 Å². The number of benzene rings is 1. The molecule has 1 aliphatic rings. The molecule has 0 amide bonds. The molecule has 0 spiro atoms. The molecule has 0 unspecified atom stereocenters. The van der Waals surface area contributed by atoms with Crippen LogP contribution in [0.5, 0.6) is 5.75 Å². The zero-order valence-corrected chi connectivity index (χ0v) is 10.7. The van der Waals surface area contributed by atoms with E-state index in [0.717, 1.165) is 12.5 Å². The number of rotatable bonds is 4. The van der Waals surface area contributed by atoms with Gasteiger partial charge >= 0.3 is 0 Å². The van der Waals surface area contributed by atoms with Gasteiger partial charge in [0.05, 0.1) is 13.2 Å². The summed E-state index contributed by atoms with van der Waals surface area (Å²) in [4.78, 5) is 0. The molecule has 1 aromatic rings. The summed E-state index contributed by atoms with van der Waals surface area (Å²) in [5.74, 6) is -0.690. The minimum atomic E-state index is -0.627. The molecule has 0 aliphatic carbocycles. The summed E-state index contributed by atoms with van der Waals surface area (Å²) < 4.78 is 37.9. The molecule has 1 aromatic carbocycles. The molecule has 1 aliphatic heterocycles. The fourth-order valence-corrected chi connectivity index (χ4v) is 2.11. The molecular formula is C14H18F2O2.